The Kier molecular flexibility index (Phi) is 5.56. The van der Waals surface area contributed by atoms with Gasteiger partial charge >= 0.3 is 6.18 Å². The number of aromatic nitrogens is 5. The van der Waals surface area contributed by atoms with Gasteiger partial charge in [0.15, 0.2) is 0 Å². The van der Waals surface area contributed by atoms with Crippen LogP contribution in [0.1, 0.15) is 11.1 Å². The number of anilines is 2. The van der Waals surface area contributed by atoms with Gasteiger partial charge in [-0.05, 0) is 36.8 Å². The zero-order valence-corrected chi connectivity index (χ0v) is 14.7. The average Bonchev–Trinajstić information content (AvgIpc) is 3.09. The normalized spacial score (nSPS) is 12.8. The highest BCUT2D eigenvalue weighted by atomic mass is 19.4. The lowest BCUT2D eigenvalue weighted by atomic mass is 10.2. The highest BCUT2D eigenvalue weighted by Crippen LogP contribution is 2.30. The molecule has 1 atom stereocenters. The lowest BCUT2D eigenvalue weighted by molar-refractivity contribution is -0.137. The Bertz CT molecular complexity index is 960. The van der Waals surface area contributed by atoms with Crippen LogP contribution in [0.4, 0.5) is 24.8 Å². The molecule has 3 N–H and O–H groups in total. The Hall–Kier alpha value is -3.05. The Morgan fingerprint density at radius 2 is 1.96 bits per heavy atom. The summed E-state index contributed by atoms with van der Waals surface area (Å²) in [5.74, 6) is 0.306. The Morgan fingerprint density at radius 1 is 1.18 bits per heavy atom. The van der Waals surface area contributed by atoms with E-state index in [9.17, 15) is 18.3 Å². The third kappa shape index (κ3) is 4.81. The van der Waals surface area contributed by atoms with Gasteiger partial charge in [0, 0.05) is 6.20 Å². The predicted octanol–water partition coefficient (Wildman–Crippen LogP) is 2.16. The molecule has 0 spiro atoms. The Balaban J connectivity index is 1.84. The topological polar surface area (TPSA) is 109 Å². The van der Waals surface area contributed by atoms with E-state index in [1.165, 1.54) is 4.68 Å². The third-order valence-corrected chi connectivity index (χ3v) is 3.72. The maximum Gasteiger partial charge on any atom is 0.416 e. The maximum absolute atomic E-state index is 12.9. The van der Waals surface area contributed by atoms with Crippen molar-refractivity contribution < 1.29 is 23.4 Å². The SMILES string of the molecule is Cc1cc(Nc2cc(C(F)(F)F)ccn2)nc(-c2cn(C[C@@H](O)CO)nn2)c1. The van der Waals surface area contributed by atoms with Crippen molar-refractivity contribution in [1.82, 2.24) is 25.0 Å². The van der Waals surface area contributed by atoms with Crippen LogP contribution in [0, 0.1) is 6.92 Å². The molecular weight excluding hydrogens is 377 g/mol. The van der Waals surface area contributed by atoms with Crippen molar-refractivity contribution in [2.24, 2.45) is 0 Å². The summed E-state index contributed by atoms with van der Waals surface area (Å²) in [5, 5.41) is 29.0. The molecule has 0 fully saturated rings. The van der Waals surface area contributed by atoms with Crippen LogP contribution in [0.2, 0.25) is 0 Å². The number of aryl methyl sites for hydroxylation is 1. The molecular formula is C17H17F3N6O2. The lowest BCUT2D eigenvalue weighted by Gasteiger charge is -2.10. The molecule has 28 heavy (non-hydrogen) atoms. The minimum atomic E-state index is -4.47. The average molecular weight is 394 g/mol. The summed E-state index contributed by atoms with van der Waals surface area (Å²) in [4.78, 5) is 8.24. The summed E-state index contributed by atoms with van der Waals surface area (Å²) in [6.07, 6.45) is -2.82. The number of nitrogens with one attached hydrogen (secondary N) is 1. The van der Waals surface area contributed by atoms with Gasteiger partial charge in [-0.2, -0.15) is 13.2 Å². The molecule has 3 rings (SSSR count). The van der Waals surface area contributed by atoms with Gasteiger partial charge in [-0.25, -0.2) is 14.6 Å². The molecule has 11 heteroatoms. The number of hydrogen-bond acceptors (Lipinski definition) is 7. The molecule has 0 amide bonds. The molecule has 0 unspecified atom stereocenters. The third-order valence-electron chi connectivity index (χ3n) is 3.72. The predicted molar refractivity (Wildman–Crippen MR) is 93.6 cm³/mol. The molecule has 0 aliphatic carbocycles. The molecule has 0 radical (unpaired) electrons. The molecule has 3 heterocycles. The van der Waals surface area contributed by atoms with Crippen molar-refractivity contribution in [2.45, 2.75) is 25.7 Å². The summed E-state index contributed by atoms with van der Waals surface area (Å²) in [5.41, 5.74) is 0.834. The molecule has 0 saturated heterocycles. The van der Waals surface area contributed by atoms with Crippen LogP contribution in [0.25, 0.3) is 11.4 Å². The second-order valence-corrected chi connectivity index (χ2v) is 6.13. The van der Waals surface area contributed by atoms with Crippen LogP contribution in [-0.2, 0) is 12.7 Å². The number of pyridine rings is 2. The summed E-state index contributed by atoms with van der Waals surface area (Å²) >= 11 is 0. The molecule has 0 aromatic carbocycles. The van der Waals surface area contributed by atoms with E-state index >= 15 is 0 Å². The van der Waals surface area contributed by atoms with Gasteiger partial charge < -0.3 is 15.5 Å². The molecule has 0 bridgehead atoms. The van der Waals surface area contributed by atoms with Crippen molar-refractivity contribution in [3.05, 3.63) is 47.8 Å². The summed E-state index contributed by atoms with van der Waals surface area (Å²) < 4.78 is 39.9. The Labute approximate surface area is 157 Å². The number of nitrogens with zero attached hydrogens (tertiary/aromatic N) is 5. The minimum absolute atomic E-state index is 0.00796. The number of hydrogen-bond donors (Lipinski definition) is 3. The second-order valence-electron chi connectivity index (χ2n) is 6.13. The highest BCUT2D eigenvalue weighted by Gasteiger charge is 2.30. The van der Waals surface area contributed by atoms with E-state index in [0.717, 1.165) is 23.9 Å². The van der Waals surface area contributed by atoms with E-state index < -0.39 is 24.5 Å². The second kappa shape index (κ2) is 7.90. The zero-order chi connectivity index (χ0) is 20.3. The zero-order valence-electron chi connectivity index (χ0n) is 14.7. The molecule has 8 nitrogen and oxygen atoms in total. The van der Waals surface area contributed by atoms with Gasteiger partial charge in [0.25, 0.3) is 0 Å². The molecule has 0 aliphatic rings. The Morgan fingerprint density at radius 3 is 2.68 bits per heavy atom. The first-order valence-corrected chi connectivity index (χ1v) is 8.23. The van der Waals surface area contributed by atoms with Gasteiger partial charge in [-0.15, -0.1) is 5.10 Å². The van der Waals surface area contributed by atoms with Crippen molar-refractivity contribution in [1.29, 1.82) is 0 Å². The first kappa shape index (κ1) is 19.7. The number of alkyl halides is 3. The van der Waals surface area contributed by atoms with E-state index in [1.807, 2.05) is 0 Å². The standard InChI is InChI=1S/C17H17F3N6O2/c1-10-4-13(14-8-26(25-24-14)7-12(28)9-27)22-16(5-10)23-15-6-11(2-3-21-15)17(18,19)20/h2-6,8,12,27-28H,7,9H2,1H3,(H,21,22,23)/t12-/m1/s1. The van der Waals surface area contributed by atoms with E-state index in [0.29, 0.717) is 17.2 Å². The van der Waals surface area contributed by atoms with Crippen LogP contribution in [0.3, 0.4) is 0 Å². The number of aliphatic hydroxyl groups excluding tert-OH is 2. The van der Waals surface area contributed by atoms with Crippen LogP contribution in [0.5, 0.6) is 0 Å². The maximum atomic E-state index is 12.9. The fourth-order valence-corrected chi connectivity index (χ4v) is 2.45. The first-order chi connectivity index (χ1) is 13.2. The van der Waals surface area contributed by atoms with Crippen molar-refractivity contribution in [3.63, 3.8) is 0 Å². The van der Waals surface area contributed by atoms with Crippen molar-refractivity contribution >= 4 is 11.6 Å². The van der Waals surface area contributed by atoms with Gasteiger partial charge in [0.05, 0.1) is 36.7 Å². The van der Waals surface area contributed by atoms with Crippen LogP contribution in [0.15, 0.2) is 36.7 Å². The quantitative estimate of drug-likeness (QED) is 0.588. The van der Waals surface area contributed by atoms with Crippen LogP contribution in [-0.4, -0.2) is 47.9 Å². The summed E-state index contributed by atoms with van der Waals surface area (Å²) in [7, 11) is 0. The van der Waals surface area contributed by atoms with Gasteiger partial charge in [-0.3, -0.25) is 0 Å². The van der Waals surface area contributed by atoms with E-state index in [2.05, 4.69) is 25.6 Å². The van der Waals surface area contributed by atoms with E-state index in [4.69, 9.17) is 5.11 Å². The molecule has 0 saturated carbocycles. The summed E-state index contributed by atoms with van der Waals surface area (Å²) in [6, 6.07) is 5.18. The number of aliphatic hydroxyl groups is 2. The van der Waals surface area contributed by atoms with Crippen LogP contribution >= 0.6 is 0 Å². The van der Waals surface area contributed by atoms with Gasteiger partial charge in [0.1, 0.15) is 17.3 Å². The fourth-order valence-electron chi connectivity index (χ4n) is 2.45. The fraction of sp³-hybridized carbons (Fsp3) is 0.294. The minimum Gasteiger partial charge on any atom is -0.394 e. The van der Waals surface area contributed by atoms with Crippen molar-refractivity contribution in [3.8, 4) is 11.4 Å². The first-order valence-electron chi connectivity index (χ1n) is 8.23. The lowest BCUT2D eigenvalue weighted by Crippen LogP contribution is -2.20. The molecule has 3 aromatic rings. The summed E-state index contributed by atoms with van der Waals surface area (Å²) in [6.45, 7) is 1.46. The largest absolute Gasteiger partial charge is 0.416 e. The number of halogens is 3. The smallest absolute Gasteiger partial charge is 0.394 e. The van der Waals surface area contributed by atoms with Gasteiger partial charge in [0.2, 0.25) is 0 Å². The number of rotatable bonds is 6. The van der Waals surface area contributed by atoms with E-state index in [1.54, 1.807) is 25.3 Å². The highest BCUT2D eigenvalue weighted by molar-refractivity contribution is 5.61. The monoisotopic (exact) mass is 394 g/mol. The molecule has 0 aliphatic heterocycles. The van der Waals surface area contributed by atoms with Crippen molar-refractivity contribution in [2.75, 3.05) is 11.9 Å². The van der Waals surface area contributed by atoms with Crippen LogP contribution < -0.4 is 5.32 Å². The van der Waals surface area contributed by atoms with E-state index in [-0.39, 0.29) is 12.4 Å². The molecule has 148 valence electrons. The molecule has 3 aromatic heterocycles. The van der Waals surface area contributed by atoms with Gasteiger partial charge in [-0.1, -0.05) is 5.21 Å².